The number of rotatable bonds is 3. The number of hydrogen-bond acceptors (Lipinski definition) is 5. The Hall–Kier alpha value is -1.61. The van der Waals surface area contributed by atoms with Gasteiger partial charge in [-0.3, -0.25) is 4.79 Å². The zero-order valence-corrected chi connectivity index (χ0v) is 13.9. The molecular formula is C16H22F2N4O3. The number of hydrogen-bond donors (Lipinski definition) is 0. The van der Waals surface area contributed by atoms with E-state index in [0.717, 1.165) is 13.0 Å². The van der Waals surface area contributed by atoms with E-state index in [0.29, 0.717) is 32.9 Å². The van der Waals surface area contributed by atoms with Crippen LogP contribution in [0.25, 0.3) is 0 Å². The third kappa shape index (κ3) is 3.52. The van der Waals surface area contributed by atoms with Gasteiger partial charge < -0.3 is 18.9 Å². The molecular weight excluding hydrogens is 334 g/mol. The van der Waals surface area contributed by atoms with Crippen molar-refractivity contribution in [2.45, 2.75) is 37.3 Å². The molecule has 4 rings (SSSR count). The molecule has 0 bridgehead atoms. The van der Waals surface area contributed by atoms with Crippen molar-refractivity contribution in [3.63, 3.8) is 0 Å². The number of ether oxygens (including phenoxy) is 2. The highest BCUT2D eigenvalue weighted by Gasteiger charge is 2.51. The number of nitrogens with zero attached hydrogens (tertiary/aromatic N) is 4. The predicted octanol–water partition coefficient (Wildman–Crippen LogP) is 0.957. The fraction of sp³-hybridized carbons (Fsp3) is 0.812. The molecule has 3 aliphatic rings. The van der Waals surface area contributed by atoms with Gasteiger partial charge in [0, 0.05) is 37.8 Å². The minimum Gasteiger partial charge on any atom is -0.377 e. The van der Waals surface area contributed by atoms with Gasteiger partial charge in [0.05, 0.1) is 26.4 Å². The number of carbonyl (C=O) groups is 1. The van der Waals surface area contributed by atoms with E-state index >= 15 is 0 Å². The van der Waals surface area contributed by atoms with Gasteiger partial charge >= 0.3 is 0 Å². The molecule has 1 saturated carbocycles. The van der Waals surface area contributed by atoms with Crippen molar-refractivity contribution in [2.24, 2.45) is 11.8 Å². The molecule has 1 aliphatic carbocycles. The summed E-state index contributed by atoms with van der Waals surface area (Å²) in [6.07, 6.45) is 3.42. The molecule has 0 radical (unpaired) electrons. The largest absolute Gasteiger partial charge is 0.377 e. The van der Waals surface area contributed by atoms with Crippen LogP contribution >= 0.6 is 0 Å². The highest BCUT2D eigenvalue weighted by atomic mass is 19.3. The molecule has 9 heteroatoms. The SMILES string of the molecule is O=C(C1CC(F)(F)C1)N1CCOCC2(CC(Cn3cnnc3)CO2)C1. The molecule has 2 atom stereocenters. The maximum absolute atomic E-state index is 13.1. The second kappa shape index (κ2) is 6.28. The van der Waals surface area contributed by atoms with E-state index in [9.17, 15) is 13.6 Å². The third-order valence-corrected chi connectivity index (χ3v) is 5.32. The second-order valence-corrected chi connectivity index (χ2v) is 7.50. The van der Waals surface area contributed by atoms with Crippen molar-refractivity contribution in [1.29, 1.82) is 0 Å². The van der Waals surface area contributed by atoms with Crippen LogP contribution in [-0.4, -0.2) is 70.0 Å². The summed E-state index contributed by atoms with van der Waals surface area (Å²) in [6, 6.07) is 0. The van der Waals surface area contributed by atoms with Gasteiger partial charge in [0.15, 0.2) is 0 Å². The van der Waals surface area contributed by atoms with Gasteiger partial charge in [-0.1, -0.05) is 0 Å². The fourth-order valence-electron chi connectivity index (χ4n) is 4.07. The van der Waals surface area contributed by atoms with Gasteiger partial charge in [-0.15, -0.1) is 10.2 Å². The Labute approximate surface area is 144 Å². The summed E-state index contributed by atoms with van der Waals surface area (Å²) >= 11 is 0. The zero-order chi connectivity index (χ0) is 17.5. The molecule has 3 fully saturated rings. The Bertz CT molecular complexity index is 619. The summed E-state index contributed by atoms with van der Waals surface area (Å²) in [4.78, 5) is 14.2. The van der Waals surface area contributed by atoms with E-state index in [2.05, 4.69) is 10.2 Å². The van der Waals surface area contributed by atoms with Crippen LogP contribution in [0.3, 0.4) is 0 Å². The number of halogens is 2. The Kier molecular flexibility index (Phi) is 4.23. The van der Waals surface area contributed by atoms with Crippen LogP contribution < -0.4 is 0 Å². The molecule has 25 heavy (non-hydrogen) atoms. The normalized spacial score (nSPS) is 32.6. The lowest BCUT2D eigenvalue weighted by molar-refractivity contribution is -0.162. The maximum Gasteiger partial charge on any atom is 0.249 e. The minimum atomic E-state index is -2.69. The van der Waals surface area contributed by atoms with Crippen LogP contribution in [-0.2, 0) is 20.8 Å². The van der Waals surface area contributed by atoms with Gasteiger partial charge in [0.2, 0.25) is 11.8 Å². The lowest BCUT2D eigenvalue weighted by Crippen LogP contribution is -2.51. The van der Waals surface area contributed by atoms with E-state index < -0.39 is 17.4 Å². The molecule has 2 saturated heterocycles. The topological polar surface area (TPSA) is 69.5 Å². The van der Waals surface area contributed by atoms with Gasteiger partial charge in [0.1, 0.15) is 18.3 Å². The molecule has 2 unspecified atom stereocenters. The molecule has 3 heterocycles. The van der Waals surface area contributed by atoms with E-state index in [1.165, 1.54) is 0 Å². The van der Waals surface area contributed by atoms with Gasteiger partial charge in [0.25, 0.3) is 0 Å². The van der Waals surface area contributed by atoms with Crippen molar-refractivity contribution < 1.29 is 23.0 Å². The first-order valence-electron chi connectivity index (χ1n) is 8.66. The average Bonchev–Trinajstić information content (AvgIpc) is 3.13. The van der Waals surface area contributed by atoms with Crippen LogP contribution in [0.1, 0.15) is 19.3 Å². The summed E-state index contributed by atoms with van der Waals surface area (Å²) in [6.45, 7) is 3.00. The zero-order valence-electron chi connectivity index (χ0n) is 13.9. The minimum absolute atomic E-state index is 0.193. The molecule has 1 aromatic heterocycles. The predicted molar refractivity (Wildman–Crippen MR) is 81.9 cm³/mol. The summed E-state index contributed by atoms with van der Waals surface area (Å²) in [5.41, 5.74) is -0.545. The Morgan fingerprint density at radius 1 is 1.24 bits per heavy atom. The highest BCUT2D eigenvalue weighted by Crippen LogP contribution is 2.44. The van der Waals surface area contributed by atoms with Crippen molar-refractivity contribution in [3.05, 3.63) is 12.7 Å². The van der Waals surface area contributed by atoms with Gasteiger partial charge in [-0.05, 0) is 6.42 Å². The number of carbonyl (C=O) groups excluding carboxylic acids is 1. The lowest BCUT2D eigenvalue weighted by atomic mass is 9.80. The summed E-state index contributed by atoms with van der Waals surface area (Å²) < 4.78 is 39.8. The molecule has 0 aromatic carbocycles. The maximum atomic E-state index is 13.1. The van der Waals surface area contributed by atoms with Gasteiger partial charge in [-0.25, -0.2) is 8.78 Å². The molecule has 2 aliphatic heterocycles. The molecule has 1 spiro atoms. The van der Waals surface area contributed by atoms with Crippen LogP contribution in [0, 0.1) is 11.8 Å². The summed E-state index contributed by atoms with van der Waals surface area (Å²) in [7, 11) is 0. The third-order valence-electron chi connectivity index (χ3n) is 5.32. The average molecular weight is 356 g/mol. The van der Waals surface area contributed by atoms with E-state index in [-0.39, 0.29) is 24.7 Å². The van der Waals surface area contributed by atoms with Crippen molar-refractivity contribution in [1.82, 2.24) is 19.7 Å². The van der Waals surface area contributed by atoms with E-state index in [4.69, 9.17) is 9.47 Å². The standard InChI is InChI=1S/C16H22F2N4O3/c17-16(18)4-13(5-16)14(23)22-1-2-24-9-15(8-22)3-12(7-25-15)6-21-10-19-20-11-21/h10-13H,1-9H2. The molecule has 7 nitrogen and oxygen atoms in total. The van der Waals surface area contributed by atoms with Crippen LogP contribution in [0.5, 0.6) is 0 Å². The van der Waals surface area contributed by atoms with Crippen LogP contribution in [0.2, 0.25) is 0 Å². The second-order valence-electron chi connectivity index (χ2n) is 7.50. The monoisotopic (exact) mass is 356 g/mol. The van der Waals surface area contributed by atoms with Crippen molar-refractivity contribution >= 4 is 5.91 Å². The Morgan fingerprint density at radius 2 is 2.00 bits per heavy atom. The first-order chi connectivity index (χ1) is 11.9. The molecule has 0 N–H and O–H groups in total. The smallest absolute Gasteiger partial charge is 0.249 e. The van der Waals surface area contributed by atoms with Crippen molar-refractivity contribution in [3.8, 4) is 0 Å². The highest BCUT2D eigenvalue weighted by molar-refractivity contribution is 5.80. The van der Waals surface area contributed by atoms with Crippen LogP contribution in [0.15, 0.2) is 12.7 Å². The molecule has 138 valence electrons. The molecule has 1 aromatic rings. The quantitative estimate of drug-likeness (QED) is 0.807. The Balaban J connectivity index is 1.39. The van der Waals surface area contributed by atoms with Crippen molar-refractivity contribution in [2.75, 3.05) is 32.9 Å². The summed E-state index contributed by atoms with van der Waals surface area (Å²) in [5.74, 6) is -3.17. The lowest BCUT2D eigenvalue weighted by Gasteiger charge is -2.38. The number of amides is 1. The molecule has 1 amide bonds. The van der Waals surface area contributed by atoms with E-state index in [1.807, 2.05) is 4.57 Å². The fourth-order valence-corrected chi connectivity index (χ4v) is 4.07. The first kappa shape index (κ1) is 16.8. The Morgan fingerprint density at radius 3 is 2.72 bits per heavy atom. The van der Waals surface area contributed by atoms with Crippen LogP contribution in [0.4, 0.5) is 8.78 Å². The number of alkyl halides is 2. The van der Waals surface area contributed by atoms with E-state index in [1.54, 1.807) is 17.6 Å². The summed E-state index contributed by atoms with van der Waals surface area (Å²) in [5, 5.41) is 7.60. The van der Waals surface area contributed by atoms with Gasteiger partial charge in [-0.2, -0.15) is 0 Å². The first-order valence-corrected chi connectivity index (χ1v) is 8.66. The number of aromatic nitrogens is 3.